The number of halogens is 1. The van der Waals surface area contributed by atoms with Gasteiger partial charge in [0.1, 0.15) is 11.6 Å². The molecule has 0 unspecified atom stereocenters. The smallest absolute Gasteiger partial charge is 0.135 e. The second kappa shape index (κ2) is 9.17. The molecular formula is C26H29ClN6. The summed E-state index contributed by atoms with van der Waals surface area (Å²) in [6.07, 6.45) is 2.52. The van der Waals surface area contributed by atoms with E-state index in [4.69, 9.17) is 21.6 Å². The normalized spacial score (nSPS) is 19.3. The van der Waals surface area contributed by atoms with E-state index in [0.717, 1.165) is 84.4 Å². The van der Waals surface area contributed by atoms with Crippen molar-refractivity contribution in [3.63, 3.8) is 0 Å². The Hall–Kier alpha value is -2.88. The topological polar surface area (TPSA) is 59.3 Å². The molecule has 0 aliphatic carbocycles. The molecule has 7 heteroatoms. The highest BCUT2D eigenvalue weighted by Crippen LogP contribution is 2.36. The predicted octanol–water partition coefficient (Wildman–Crippen LogP) is 4.58. The maximum absolute atomic E-state index is 9.26. The fraction of sp³-hybridized carbons (Fsp3) is 0.423. The lowest BCUT2D eigenvalue weighted by atomic mass is 10.1. The van der Waals surface area contributed by atoms with Crippen molar-refractivity contribution in [3.8, 4) is 6.07 Å². The van der Waals surface area contributed by atoms with E-state index in [1.807, 2.05) is 19.1 Å². The summed E-state index contributed by atoms with van der Waals surface area (Å²) in [5.74, 6) is 1.86. The Kier molecular flexibility index (Phi) is 6.09. The Morgan fingerprint density at radius 2 is 1.91 bits per heavy atom. The number of likely N-dealkylation sites (N-methyl/N-ethyl adjacent to an activating group) is 1. The first-order chi connectivity index (χ1) is 16.0. The quantitative estimate of drug-likeness (QED) is 0.570. The molecule has 2 aliphatic heterocycles. The van der Waals surface area contributed by atoms with Gasteiger partial charge in [-0.15, -0.1) is 0 Å². The maximum atomic E-state index is 9.26. The minimum absolute atomic E-state index is 0.231. The summed E-state index contributed by atoms with van der Waals surface area (Å²) in [6.45, 7) is 6.35. The van der Waals surface area contributed by atoms with Gasteiger partial charge in [0, 0.05) is 48.9 Å². The molecule has 3 heterocycles. The molecule has 5 rings (SSSR count). The number of aryl methyl sites for hydroxylation is 1. The minimum Gasteiger partial charge on any atom is -0.365 e. The lowest BCUT2D eigenvalue weighted by Gasteiger charge is -2.40. The summed E-state index contributed by atoms with van der Waals surface area (Å²) in [5, 5.41) is 12.3. The van der Waals surface area contributed by atoms with Gasteiger partial charge in [-0.3, -0.25) is 4.90 Å². The van der Waals surface area contributed by atoms with Crippen LogP contribution in [-0.4, -0.2) is 54.1 Å². The van der Waals surface area contributed by atoms with Crippen LogP contribution in [0.1, 0.15) is 29.9 Å². The highest BCUT2D eigenvalue weighted by Gasteiger charge is 2.29. The van der Waals surface area contributed by atoms with E-state index in [0.29, 0.717) is 6.42 Å². The van der Waals surface area contributed by atoms with Crippen molar-refractivity contribution in [2.45, 2.75) is 38.8 Å². The summed E-state index contributed by atoms with van der Waals surface area (Å²) < 4.78 is 0. The number of nitrogens with zero attached hydrogens (tertiary/aromatic N) is 6. The molecule has 0 bridgehead atoms. The van der Waals surface area contributed by atoms with Gasteiger partial charge in [0.2, 0.25) is 0 Å². The number of piperazine rings is 1. The average Bonchev–Trinajstić information content (AvgIpc) is 3.02. The minimum atomic E-state index is 0.231. The molecule has 0 saturated carbocycles. The summed E-state index contributed by atoms with van der Waals surface area (Å²) >= 11 is 6.64. The number of hydrogen-bond donors (Lipinski definition) is 0. The van der Waals surface area contributed by atoms with Crippen LogP contribution in [0.15, 0.2) is 36.4 Å². The number of rotatable bonds is 3. The van der Waals surface area contributed by atoms with Gasteiger partial charge in [-0.2, -0.15) is 5.26 Å². The Morgan fingerprint density at radius 1 is 1.09 bits per heavy atom. The third-order valence-corrected chi connectivity index (χ3v) is 7.27. The molecule has 6 nitrogen and oxygen atoms in total. The van der Waals surface area contributed by atoms with Gasteiger partial charge in [-0.05, 0) is 44.3 Å². The van der Waals surface area contributed by atoms with Gasteiger partial charge in [-0.25, -0.2) is 9.97 Å². The third kappa shape index (κ3) is 4.23. The number of fused-ring (bicyclic) bond motifs is 2. The van der Waals surface area contributed by atoms with Crippen molar-refractivity contribution in [2.24, 2.45) is 0 Å². The van der Waals surface area contributed by atoms with Crippen LogP contribution in [0.5, 0.6) is 0 Å². The first-order valence-corrected chi connectivity index (χ1v) is 12.0. The molecule has 1 aromatic heterocycles. The Morgan fingerprint density at radius 3 is 2.73 bits per heavy atom. The zero-order chi connectivity index (χ0) is 22.9. The monoisotopic (exact) mass is 460 g/mol. The molecule has 33 heavy (non-hydrogen) atoms. The number of nitriles is 1. The first-order valence-electron chi connectivity index (χ1n) is 11.7. The fourth-order valence-corrected chi connectivity index (χ4v) is 5.48. The van der Waals surface area contributed by atoms with Gasteiger partial charge < -0.3 is 9.80 Å². The zero-order valence-electron chi connectivity index (χ0n) is 19.3. The van der Waals surface area contributed by atoms with Gasteiger partial charge in [0.05, 0.1) is 29.8 Å². The third-order valence-electron chi connectivity index (χ3n) is 6.95. The first kappa shape index (κ1) is 21.9. The average molecular weight is 461 g/mol. The highest BCUT2D eigenvalue weighted by molar-refractivity contribution is 6.36. The number of anilines is 2. The Labute approximate surface area is 200 Å². The van der Waals surface area contributed by atoms with Crippen LogP contribution in [0.25, 0.3) is 10.8 Å². The van der Waals surface area contributed by atoms with Crippen molar-refractivity contribution in [1.82, 2.24) is 14.9 Å². The van der Waals surface area contributed by atoms with E-state index < -0.39 is 0 Å². The molecule has 1 fully saturated rings. The predicted molar refractivity (Wildman–Crippen MR) is 134 cm³/mol. The highest BCUT2D eigenvalue weighted by atomic mass is 35.5. The van der Waals surface area contributed by atoms with Gasteiger partial charge in [0.25, 0.3) is 0 Å². The second-order valence-corrected chi connectivity index (χ2v) is 9.51. The van der Waals surface area contributed by atoms with E-state index in [1.54, 1.807) is 0 Å². The molecule has 0 amide bonds. The standard InChI is InChI=1S/C26H29ClN6/c1-18-29-23-17-32(24-10-4-7-19-6-3-9-22(27)25(19)24)13-5-8-21(23)26(30-18)33-15-14-31(2)20(16-33)11-12-28/h3-4,6-7,9-10,20H,5,8,11,13-17H2,1-2H3/t20-/m0/s1. The summed E-state index contributed by atoms with van der Waals surface area (Å²) in [7, 11) is 2.11. The fourth-order valence-electron chi connectivity index (χ4n) is 5.20. The van der Waals surface area contributed by atoms with Crippen molar-refractivity contribution in [2.75, 3.05) is 43.0 Å². The van der Waals surface area contributed by atoms with E-state index in [2.05, 4.69) is 52.1 Å². The van der Waals surface area contributed by atoms with Crippen molar-refractivity contribution < 1.29 is 0 Å². The molecule has 1 atom stereocenters. The Bertz CT molecular complexity index is 1210. The summed E-state index contributed by atoms with van der Waals surface area (Å²) in [4.78, 5) is 16.9. The molecule has 0 radical (unpaired) electrons. The van der Waals surface area contributed by atoms with Gasteiger partial charge >= 0.3 is 0 Å². The van der Waals surface area contributed by atoms with Gasteiger partial charge in [0.15, 0.2) is 0 Å². The van der Waals surface area contributed by atoms with Crippen LogP contribution in [0.4, 0.5) is 11.5 Å². The molecule has 2 aliphatic rings. The van der Waals surface area contributed by atoms with Crippen LogP contribution in [0.3, 0.4) is 0 Å². The van der Waals surface area contributed by atoms with Crippen LogP contribution in [0, 0.1) is 18.3 Å². The molecule has 1 saturated heterocycles. The van der Waals surface area contributed by atoms with E-state index >= 15 is 0 Å². The van der Waals surface area contributed by atoms with Crippen LogP contribution < -0.4 is 9.80 Å². The molecule has 2 aromatic carbocycles. The molecular weight excluding hydrogens is 432 g/mol. The summed E-state index contributed by atoms with van der Waals surface area (Å²) in [5.41, 5.74) is 3.53. The molecule has 170 valence electrons. The maximum Gasteiger partial charge on any atom is 0.135 e. The van der Waals surface area contributed by atoms with Gasteiger partial charge in [-0.1, -0.05) is 35.9 Å². The zero-order valence-corrected chi connectivity index (χ0v) is 20.0. The lowest BCUT2D eigenvalue weighted by Crippen LogP contribution is -2.52. The molecule has 0 spiro atoms. The van der Waals surface area contributed by atoms with E-state index in [9.17, 15) is 5.26 Å². The van der Waals surface area contributed by atoms with E-state index in [1.165, 1.54) is 5.56 Å². The number of hydrogen-bond acceptors (Lipinski definition) is 6. The SMILES string of the molecule is Cc1nc2c(c(N3CCN(C)[C@@H](CC#N)C3)n1)CCCN(c1cccc3cccc(Cl)c13)C2. The van der Waals surface area contributed by atoms with Crippen molar-refractivity contribution in [1.29, 1.82) is 5.26 Å². The van der Waals surface area contributed by atoms with Crippen LogP contribution in [-0.2, 0) is 13.0 Å². The largest absolute Gasteiger partial charge is 0.365 e. The van der Waals surface area contributed by atoms with Crippen LogP contribution in [0.2, 0.25) is 5.02 Å². The van der Waals surface area contributed by atoms with Crippen molar-refractivity contribution >= 4 is 33.9 Å². The van der Waals surface area contributed by atoms with Crippen molar-refractivity contribution in [3.05, 3.63) is 58.5 Å². The van der Waals surface area contributed by atoms with E-state index in [-0.39, 0.29) is 6.04 Å². The van der Waals surface area contributed by atoms with Crippen LogP contribution >= 0.6 is 11.6 Å². The number of benzene rings is 2. The Balaban J connectivity index is 1.51. The number of aromatic nitrogens is 2. The molecule has 3 aromatic rings. The molecule has 0 N–H and O–H groups in total. The summed E-state index contributed by atoms with van der Waals surface area (Å²) in [6, 6.07) is 15.1. The lowest BCUT2D eigenvalue weighted by molar-refractivity contribution is 0.220. The second-order valence-electron chi connectivity index (χ2n) is 9.10.